The Bertz CT molecular complexity index is 1600. The number of hydrogen-bond donors (Lipinski definition) is 0. The summed E-state index contributed by atoms with van der Waals surface area (Å²) in [6.45, 7) is 1.56. The van der Waals surface area contributed by atoms with Gasteiger partial charge in [0.05, 0.1) is 13.2 Å². The summed E-state index contributed by atoms with van der Waals surface area (Å²) in [5.74, 6) is -1.81. The van der Waals surface area contributed by atoms with E-state index in [0.29, 0.717) is 27.3 Å². The second kappa shape index (κ2) is 11.2. The predicted octanol–water partition coefficient (Wildman–Crippen LogP) is 5.19. The molecule has 3 aromatic rings. The largest absolute Gasteiger partial charge is 0.511 e. The number of amides is 1. The number of thioether (sulfide) groups is 1. The Morgan fingerprint density at radius 1 is 1.07 bits per heavy atom. The molecule has 3 atom stereocenters. The topological polar surface area (TPSA) is 90.3 Å². The van der Waals surface area contributed by atoms with Gasteiger partial charge in [-0.15, -0.1) is 11.8 Å². The summed E-state index contributed by atoms with van der Waals surface area (Å²) in [4.78, 5) is 39.8. The number of benzene rings is 2. The summed E-state index contributed by atoms with van der Waals surface area (Å²) in [5.41, 5.74) is 0.611. The van der Waals surface area contributed by atoms with Crippen molar-refractivity contribution in [3.05, 3.63) is 93.2 Å². The standard InChI is InChI=1S/C28H25F4N3O6S/c1-15(28(30,31)32)33-14-35(23-19-9-8-18(29)12-17(19)13-42-22-7-5-4-6-20(22)23)34-11-10-21(36)25(24(34)26(33)37)40-16(2)41-27(38)39-3/h4-12,15-16,23H,13-14H2,1-3H3/t15-,16?,23+/m1/s1. The van der Waals surface area contributed by atoms with Crippen LogP contribution in [0.1, 0.15) is 47.1 Å². The lowest BCUT2D eigenvalue weighted by molar-refractivity contribution is -0.173. The number of hydrogen-bond acceptors (Lipinski definition) is 8. The zero-order valence-electron chi connectivity index (χ0n) is 22.6. The van der Waals surface area contributed by atoms with E-state index in [0.717, 1.165) is 25.0 Å². The molecule has 1 aromatic heterocycles. The Morgan fingerprint density at radius 3 is 2.52 bits per heavy atom. The molecule has 1 amide bonds. The average Bonchev–Trinajstić information content (AvgIpc) is 3.10. The number of carbonyl (C=O) groups excluding carboxylic acids is 2. The van der Waals surface area contributed by atoms with Crippen molar-refractivity contribution in [3.63, 3.8) is 0 Å². The molecule has 42 heavy (non-hydrogen) atoms. The highest BCUT2D eigenvalue weighted by molar-refractivity contribution is 7.98. The third-order valence-corrected chi connectivity index (χ3v) is 8.16. The van der Waals surface area contributed by atoms with Crippen molar-refractivity contribution in [2.24, 2.45) is 0 Å². The first-order chi connectivity index (χ1) is 19.9. The molecule has 5 rings (SSSR count). The van der Waals surface area contributed by atoms with Crippen LogP contribution in [-0.4, -0.2) is 53.9 Å². The van der Waals surface area contributed by atoms with E-state index < -0.39 is 66.0 Å². The van der Waals surface area contributed by atoms with E-state index in [9.17, 15) is 31.9 Å². The minimum atomic E-state index is -4.81. The van der Waals surface area contributed by atoms with Gasteiger partial charge in [0.25, 0.3) is 5.91 Å². The molecule has 0 fully saturated rings. The lowest BCUT2D eigenvalue weighted by atomic mass is 9.94. The first kappa shape index (κ1) is 29.3. The van der Waals surface area contributed by atoms with Gasteiger partial charge in [-0.2, -0.15) is 13.2 Å². The number of nitrogens with zero attached hydrogens (tertiary/aromatic N) is 3. The summed E-state index contributed by atoms with van der Waals surface area (Å²) in [6, 6.07) is 9.50. The monoisotopic (exact) mass is 607 g/mol. The second-order valence-electron chi connectivity index (χ2n) is 9.61. The zero-order chi connectivity index (χ0) is 30.3. The second-order valence-corrected chi connectivity index (χ2v) is 10.6. The third kappa shape index (κ3) is 5.38. The minimum absolute atomic E-state index is 0.393. The van der Waals surface area contributed by atoms with Crippen LogP contribution in [0.15, 0.2) is 64.4 Å². The van der Waals surface area contributed by atoms with Gasteiger partial charge in [0, 0.05) is 29.8 Å². The molecule has 2 aliphatic rings. The molecule has 0 spiro atoms. The molecular formula is C28H25F4N3O6S. The number of halogens is 4. The Morgan fingerprint density at radius 2 is 1.81 bits per heavy atom. The Hall–Kier alpha value is -4.20. The van der Waals surface area contributed by atoms with E-state index in [1.54, 1.807) is 12.1 Å². The lowest BCUT2D eigenvalue weighted by Gasteiger charge is -2.46. The average molecular weight is 608 g/mol. The number of alkyl halides is 3. The van der Waals surface area contributed by atoms with Crippen molar-refractivity contribution in [2.75, 3.05) is 18.8 Å². The van der Waals surface area contributed by atoms with Crippen LogP contribution in [-0.2, 0) is 15.2 Å². The fraction of sp³-hybridized carbons (Fsp3) is 0.321. The zero-order valence-corrected chi connectivity index (χ0v) is 23.4. The maximum atomic E-state index is 14.3. The Labute approximate surface area is 241 Å². The van der Waals surface area contributed by atoms with Gasteiger partial charge in [0.15, 0.2) is 5.69 Å². The predicted molar refractivity (Wildman–Crippen MR) is 143 cm³/mol. The van der Waals surface area contributed by atoms with E-state index in [-0.39, 0.29) is 0 Å². The quantitative estimate of drug-likeness (QED) is 0.222. The molecular weight excluding hydrogens is 582 g/mol. The van der Waals surface area contributed by atoms with Crippen LogP contribution in [0, 0.1) is 5.82 Å². The van der Waals surface area contributed by atoms with Gasteiger partial charge in [0.2, 0.25) is 17.5 Å². The summed E-state index contributed by atoms with van der Waals surface area (Å²) in [6.07, 6.45) is -6.11. The van der Waals surface area contributed by atoms with E-state index in [1.807, 2.05) is 18.2 Å². The maximum Gasteiger partial charge on any atom is 0.511 e. The van der Waals surface area contributed by atoms with Crippen LogP contribution in [0.5, 0.6) is 5.75 Å². The SMILES string of the molecule is COC(=O)OC(C)Oc1c2n(ccc1=O)N([C@H]1c3ccc(F)cc3CSc3ccccc31)CN([C@H](C)C(F)(F)F)C2=O. The van der Waals surface area contributed by atoms with Crippen molar-refractivity contribution in [1.29, 1.82) is 0 Å². The van der Waals surface area contributed by atoms with Crippen molar-refractivity contribution in [2.45, 2.75) is 49.0 Å². The highest BCUT2D eigenvalue weighted by atomic mass is 32.2. The van der Waals surface area contributed by atoms with Crippen LogP contribution in [0.2, 0.25) is 0 Å². The van der Waals surface area contributed by atoms with Crippen LogP contribution < -0.4 is 15.2 Å². The molecule has 0 saturated heterocycles. The normalized spacial score (nSPS) is 17.8. The number of aromatic nitrogens is 1. The van der Waals surface area contributed by atoms with Crippen molar-refractivity contribution >= 4 is 23.8 Å². The molecule has 0 N–H and O–H groups in total. The third-order valence-electron chi connectivity index (χ3n) is 7.02. The van der Waals surface area contributed by atoms with Gasteiger partial charge >= 0.3 is 12.3 Å². The molecule has 2 aromatic carbocycles. The molecule has 1 unspecified atom stereocenters. The molecule has 222 valence electrons. The molecule has 0 saturated carbocycles. The number of fused-ring (bicyclic) bond motifs is 3. The van der Waals surface area contributed by atoms with Crippen LogP contribution in [0.3, 0.4) is 0 Å². The molecule has 14 heteroatoms. The number of ether oxygens (including phenoxy) is 3. The molecule has 9 nitrogen and oxygen atoms in total. The van der Waals surface area contributed by atoms with Gasteiger partial charge < -0.3 is 19.1 Å². The molecule has 2 aliphatic heterocycles. The number of pyridine rings is 1. The number of carbonyl (C=O) groups is 2. The molecule has 0 radical (unpaired) electrons. The van der Waals surface area contributed by atoms with E-state index in [4.69, 9.17) is 9.47 Å². The molecule has 0 bridgehead atoms. The smallest absolute Gasteiger partial charge is 0.448 e. The molecule has 3 heterocycles. The minimum Gasteiger partial charge on any atom is -0.448 e. The highest BCUT2D eigenvalue weighted by Gasteiger charge is 2.48. The maximum absolute atomic E-state index is 14.3. The fourth-order valence-electron chi connectivity index (χ4n) is 4.96. The van der Waals surface area contributed by atoms with Gasteiger partial charge in [-0.3, -0.25) is 19.3 Å². The fourth-order valence-corrected chi connectivity index (χ4v) is 6.04. The van der Waals surface area contributed by atoms with Gasteiger partial charge in [-0.05, 0) is 41.8 Å². The summed E-state index contributed by atoms with van der Waals surface area (Å²) in [5, 5.41) is 1.50. The first-order valence-corrected chi connectivity index (χ1v) is 13.7. The van der Waals surface area contributed by atoms with Gasteiger partial charge in [0.1, 0.15) is 18.5 Å². The van der Waals surface area contributed by atoms with Crippen molar-refractivity contribution in [3.8, 4) is 5.75 Å². The number of rotatable bonds is 5. The van der Waals surface area contributed by atoms with E-state index in [1.165, 1.54) is 46.7 Å². The van der Waals surface area contributed by atoms with E-state index >= 15 is 0 Å². The Balaban J connectivity index is 1.74. The van der Waals surface area contributed by atoms with Crippen molar-refractivity contribution in [1.82, 2.24) is 9.58 Å². The van der Waals surface area contributed by atoms with Crippen molar-refractivity contribution < 1.29 is 41.4 Å². The van der Waals surface area contributed by atoms with Crippen LogP contribution in [0.25, 0.3) is 0 Å². The first-order valence-electron chi connectivity index (χ1n) is 12.7. The van der Waals surface area contributed by atoms with Gasteiger partial charge in [-0.1, -0.05) is 24.3 Å². The Kier molecular flexibility index (Phi) is 7.84. The summed E-state index contributed by atoms with van der Waals surface area (Å²) in [7, 11) is 1.05. The van der Waals surface area contributed by atoms with Crippen LogP contribution >= 0.6 is 11.8 Å². The lowest BCUT2D eigenvalue weighted by Crippen LogP contribution is -2.60. The van der Waals surface area contributed by atoms with Crippen LogP contribution in [0.4, 0.5) is 22.4 Å². The number of methoxy groups -OCH3 is 1. The molecule has 0 aliphatic carbocycles. The summed E-state index contributed by atoms with van der Waals surface area (Å²) >= 11 is 1.45. The highest BCUT2D eigenvalue weighted by Crippen LogP contribution is 2.43. The van der Waals surface area contributed by atoms with E-state index in [2.05, 4.69) is 4.74 Å². The van der Waals surface area contributed by atoms with Gasteiger partial charge in [-0.25, -0.2) is 9.18 Å². The summed E-state index contributed by atoms with van der Waals surface area (Å²) < 4.78 is 72.7.